The van der Waals surface area contributed by atoms with Gasteiger partial charge in [-0.25, -0.2) is 4.98 Å². The molecule has 0 saturated heterocycles. The second-order valence-corrected chi connectivity index (χ2v) is 7.27. The SMILES string of the molecule is COc1cccc(-n2c(/C=C3/C(=O)N(C)c4ccccc43)nc3ccccc3c2=O)c1. The van der Waals surface area contributed by atoms with Crippen LogP contribution in [0.4, 0.5) is 5.69 Å². The maximum atomic E-state index is 13.5. The number of carbonyl (C=O) groups excluding carboxylic acids is 1. The van der Waals surface area contributed by atoms with Crippen LogP contribution < -0.4 is 15.2 Å². The van der Waals surface area contributed by atoms with Gasteiger partial charge in [0.2, 0.25) is 0 Å². The fourth-order valence-electron chi connectivity index (χ4n) is 3.91. The molecule has 0 N–H and O–H groups in total. The van der Waals surface area contributed by atoms with Crippen LogP contribution >= 0.6 is 0 Å². The highest BCUT2D eigenvalue weighted by Crippen LogP contribution is 2.36. The number of aromatic nitrogens is 2. The molecule has 0 spiro atoms. The molecule has 1 amide bonds. The first-order valence-electron chi connectivity index (χ1n) is 9.84. The number of ether oxygens (including phenoxy) is 1. The number of benzene rings is 3. The van der Waals surface area contributed by atoms with Gasteiger partial charge < -0.3 is 9.64 Å². The number of hydrogen-bond acceptors (Lipinski definition) is 4. The van der Waals surface area contributed by atoms with E-state index in [1.165, 1.54) is 4.57 Å². The van der Waals surface area contributed by atoms with Gasteiger partial charge in [0.05, 0.1) is 35.0 Å². The molecule has 5 rings (SSSR count). The van der Waals surface area contributed by atoms with E-state index in [0.29, 0.717) is 33.7 Å². The van der Waals surface area contributed by atoms with Gasteiger partial charge in [-0.3, -0.25) is 14.2 Å². The van der Waals surface area contributed by atoms with E-state index in [-0.39, 0.29) is 11.5 Å². The van der Waals surface area contributed by atoms with Crippen molar-refractivity contribution < 1.29 is 9.53 Å². The normalized spacial score (nSPS) is 14.3. The molecular formula is C25H19N3O3. The summed E-state index contributed by atoms with van der Waals surface area (Å²) in [6.45, 7) is 0. The first-order chi connectivity index (χ1) is 15.1. The third kappa shape index (κ3) is 3.00. The molecule has 2 heterocycles. The minimum Gasteiger partial charge on any atom is -0.497 e. The molecule has 6 heteroatoms. The number of nitrogens with zero attached hydrogens (tertiary/aromatic N) is 3. The third-order valence-electron chi connectivity index (χ3n) is 5.48. The largest absolute Gasteiger partial charge is 0.497 e. The molecule has 152 valence electrons. The number of likely N-dealkylation sites (N-methyl/N-ethyl adjacent to an activating group) is 1. The predicted octanol–water partition coefficient (Wildman–Crippen LogP) is 3.91. The van der Waals surface area contributed by atoms with Crippen molar-refractivity contribution in [3.05, 3.63) is 94.5 Å². The molecule has 6 nitrogen and oxygen atoms in total. The lowest BCUT2D eigenvalue weighted by Crippen LogP contribution is -2.23. The molecule has 0 atom stereocenters. The van der Waals surface area contributed by atoms with Crippen molar-refractivity contribution in [2.75, 3.05) is 19.1 Å². The zero-order valence-corrected chi connectivity index (χ0v) is 17.1. The fraction of sp³-hybridized carbons (Fsp3) is 0.0800. The lowest BCUT2D eigenvalue weighted by molar-refractivity contribution is -0.112. The molecule has 0 aliphatic carbocycles. The van der Waals surface area contributed by atoms with Gasteiger partial charge in [0.15, 0.2) is 0 Å². The summed E-state index contributed by atoms with van der Waals surface area (Å²) in [5.74, 6) is 0.865. The maximum Gasteiger partial charge on any atom is 0.266 e. The van der Waals surface area contributed by atoms with Crippen molar-refractivity contribution in [3.8, 4) is 11.4 Å². The van der Waals surface area contributed by atoms with E-state index in [2.05, 4.69) is 0 Å². The summed E-state index contributed by atoms with van der Waals surface area (Å²) in [5, 5.41) is 0.503. The number of fused-ring (bicyclic) bond motifs is 2. The van der Waals surface area contributed by atoms with Gasteiger partial charge >= 0.3 is 0 Å². The highest BCUT2D eigenvalue weighted by atomic mass is 16.5. The second kappa shape index (κ2) is 7.25. The van der Waals surface area contributed by atoms with E-state index < -0.39 is 0 Å². The van der Waals surface area contributed by atoms with Crippen molar-refractivity contribution in [1.82, 2.24) is 9.55 Å². The molecule has 0 radical (unpaired) electrons. The highest BCUT2D eigenvalue weighted by Gasteiger charge is 2.29. The van der Waals surface area contributed by atoms with Crippen LogP contribution in [0.25, 0.3) is 28.2 Å². The Labute approximate surface area is 178 Å². The Morgan fingerprint density at radius 3 is 2.55 bits per heavy atom. The smallest absolute Gasteiger partial charge is 0.266 e. The van der Waals surface area contributed by atoms with Gasteiger partial charge in [0.25, 0.3) is 11.5 Å². The van der Waals surface area contributed by atoms with Gasteiger partial charge in [-0.2, -0.15) is 0 Å². The number of carbonyl (C=O) groups is 1. The molecule has 3 aromatic carbocycles. The van der Waals surface area contributed by atoms with E-state index in [9.17, 15) is 9.59 Å². The van der Waals surface area contributed by atoms with E-state index >= 15 is 0 Å². The van der Waals surface area contributed by atoms with Crippen LogP contribution in [0.3, 0.4) is 0 Å². The van der Waals surface area contributed by atoms with Crippen molar-refractivity contribution >= 4 is 34.1 Å². The minimum absolute atomic E-state index is 0.138. The highest BCUT2D eigenvalue weighted by molar-refractivity contribution is 6.35. The number of para-hydroxylation sites is 2. The molecule has 0 unspecified atom stereocenters. The monoisotopic (exact) mass is 409 g/mol. The average Bonchev–Trinajstić information content (AvgIpc) is 3.04. The third-order valence-corrected chi connectivity index (χ3v) is 5.48. The summed E-state index contributed by atoms with van der Waals surface area (Å²) in [7, 11) is 3.32. The predicted molar refractivity (Wildman–Crippen MR) is 122 cm³/mol. The van der Waals surface area contributed by atoms with E-state index in [1.807, 2.05) is 54.6 Å². The van der Waals surface area contributed by atoms with Gasteiger partial charge in [-0.15, -0.1) is 0 Å². The van der Waals surface area contributed by atoms with E-state index in [4.69, 9.17) is 9.72 Å². The van der Waals surface area contributed by atoms with Crippen LogP contribution in [0.2, 0.25) is 0 Å². The van der Waals surface area contributed by atoms with Crippen LogP contribution in [-0.4, -0.2) is 29.6 Å². The molecule has 0 bridgehead atoms. The zero-order chi connectivity index (χ0) is 21.5. The van der Waals surface area contributed by atoms with Crippen molar-refractivity contribution in [2.45, 2.75) is 0 Å². The lowest BCUT2D eigenvalue weighted by Gasteiger charge is -2.13. The Morgan fingerprint density at radius 1 is 0.935 bits per heavy atom. The number of amides is 1. The maximum absolute atomic E-state index is 13.5. The minimum atomic E-state index is -0.210. The first-order valence-corrected chi connectivity index (χ1v) is 9.84. The number of methoxy groups -OCH3 is 1. The van der Waals surface area contributed by atoms with Crippen LogP contribution in [-0.2, 0) is 4.79 Å². The quantitative estimate of drug-likeness (QED) is 0.481. The topological polar surface area (TPSA) is 64.4 Å². The second-order valence-electron chi connectivity index (χ2n) is 7.27. The Hall–Kier alpha value is -4.19. The molecule has 1 aromatic heterocycles. The summed E-state index contributed by atoms with van der Waals surface area (Å²) >= 11 is 0. The van der Waals surface area contributed by atoms with Crippen LogP contribution in [0.15, 0.2) is 77.6 Å². The van der Waals surface area contributed by atoms with Gasteiger partial charge in [-0.1, -0.05) is 36.4 Å². The van der Waals surface area contributed by atoms with Gasteiger partial charge in [-0.05, 0) is 36.4 Å². The number of rotatable bonds is 3. The summed E-state index contributed by atoms with van der Waals surface area (Å²) in [6.07, 6.45) is 1.69. The molecule has 0 saturated carbocycles. The summed E-state index contributed by atoms with van der Waals surface area (Å²) in [6, 6.07) is 22.0. The van der Waals surface area contributed by atoms with E-state index in [1.54, 1.807) is 43.3 Å². The number of anilines is 1. The fourth-order valence-corrected chi connectivity index (χ4v) is 3.91. The molecule has 31 heavy (non-hydrogen) atoms. The molecule has 4 aromatic rings. The van der Waals surface area contributed by atoms with Crippen molar-refractivity contribution in [3.63, 3.8) is 0 Å². The van der Waals surface area contributed by atoms with E-state index in [0.717, 1.165) is 11.3 Å². The molecule has 1 aliphatic rings. The lowest BCUT2D eigenvalue weighted by atomic mass is 10.1. The summed E-state index contributed by atoms with van der Waals surface area (Å²) in [5.41, 5.74) is 3.12. The van der Waals surface area contributed by atoms with Gasteiger partial charge in [0, 0.05) is 18.7 Å². The van der Waals surface area contributed by atoms with Crippen molar-refractivity contribution in [1.29, 1.82) is 0 Å². The summed E-state index contributed by atoms with van der Waals surface area (Å²) in [4.78, 5) is 32.8. The number of hydrogen-bond donors (Lipinski definition) is 0. The Bertz CT molecular complexity index is 1440. The van der Waals surface area contributed by atoms with Gasteiger partial charge in [0.1, 0.15) is 11.6 Å². The average molecular weight is 409 g/mol. The standard InChI is InChI=1S/C25H19N3O3/c1-27-22-13-6-4-10-18(22)20(24(27)29)15-23-26-21-12-5-3-11-19(21)25(30)28(23)16-8-7-9-17(14-16)31-2/h3-15H,1-2H3/b20-15+. The van der Waals surface area contributed by atoms with Crippen molar-refractivity contribution in [2.24, 2.45) is 0 Å². The zero-order valence-electron chi connectivity index (χ0n) is 17.1. The first kappa shape index (κ1) is 18.8. The molecular weight excluding hydrogens is 390 g/mol. The van der Waals surface area contributed by atoms with Crippen LogP contribution in [0.1, 0.15) is 11.4 Å². The van der Waals surface area contributed by atoms with Crippen LogP contribution in [0.5, 0.6) is 5.75 Å². The Kier molecular flexibility index (Phi) is 4.40. The molecule has 0 fully saturated rings. The Balaban J connectivity index is 1.82. The van der Waals surface area contributed by atoms with Crippen LogP contribution in [0, 0.1) is 0 Å². The molecule has 1 aliphatic heterocycles. The summed E-state index contributed by atoms with van der Waals surface area (Å²) < 4.78 is 6.86. The Morgan fingerprint density at radius 2 is 1.71 bits per heavy atom.